The molecule has 0 aliphatic heterocycles. The van der Waals surface area contributed by atoms with Crippen LogP contribution in [0.4, 0.5) is 5.69 Å². The van der Waals surface area contributed by atoms with Gasteiger partial charge in [0, 0.05) is 11.8 Å². The molecule has 0 radical (unpaired) electrons. The Labute approximate surface area is 150 Å². The minimum Gasteiger partial charge on any atom is -0.497 e. The zero-order valence-corrected chi connectivity index (χ0v) is 14.8. The van der Waals surface area contributed by atoms with Crippen molar-refractivity contribution in [3.63, 3.8) is 0 Å². The molecule has 2 N–H and O–H groups in total. The van der Waals surface area contributed by atoms with E-state index in [1.807, 2.05) is 26.0 Å². The second kappa shape index (κ2) is 7.85. The summed E-state index contributed by atoms with van der Waals surface area (Å²) in [5.74, 6) is -0.756. The fourth-order valence-electron chi connectivity index (χ4n) is 2.43. The van der Waals surface area contributed by atoms with Crippen LogP contribution in [0.5, 0.6) is 5.75 Å². The van der Waals surface area contributed by atoms with E-state index in [9.17, 15) is 9.59 Å². The van der Waals surface area contributed by atoms with Crippen molar-refractivity contribution in [3.8, 4) is 5.75 Å². The molecule has 5 nitrogen and oxygen atoms in total. The molecule has 2 aromatic carbocycles. The van der Waals surface area contributed by atoms with Gasteiger partial charge in [-0.15, -0.1) is 0 Å². The summed E-state index contributed by atoms with van der Waals surface area (Å²) in [6.07, 6.45) is 3.12. The van der Waals surface area contributed by atoms with Gasteiger partial charge in [-0.2, -0.15) is 0 Å². The number of carbonyl (C=O) groups is 2. The lowest BCUT2D eigenvalue weighted by Crippen LogP contribution is -2.09. The number of carboxylic acids is 1. The Morgan fingerprint density at radius 1 is 1.16 bits per heavy atom. The molecule has 0 saturated carbocycles. The number of aromatic carboxylic acids is 1. The van der Waals surface area contributed by atoms with Crippen LogP contribution in [-0.2, 0) is 4.79 Å². The van der Waals surface area contributed by atoms with Gasteiger partial charge >= 0.3 is 5.97 Å². The van der Waals surface area contributed by atoms with Crippen LogP contribution >= 0.6 is 11.6 Å². The van der Waals surface area contributed by atoms with E-state index in [0.29, 0.717) is 5.69 Å². The van der Waals surface area contributed by atoms with Gasteiger partial charge in [-0.05, 0) is 66.9 Å². The Hall–Kier alpha value is -2.79. The topological polar surface area (TPSA) is 75.6 Å². The highest BCUT2D eigenvalue weighted by atomic mass is 35.5. The van der Waals surface area contributed by atoms with Crippen molar-refractivity contribution in [1.82, 2.24) is 0 Å². The van der Waals surface area contributed by atoms with Gasteiger partial charge in [-0.1, -0.05) is 11.6 Å². The number of hydrogen-bond donors (Lipinski definition) is 2. The number of halogens is 1. The van der Waals surface area contributed by atoms with Crippen LogP contribution in [0.15, 0.2) is 36.4 Å². The van der Waals surface area contributed by atoms with Crippen molar-refractivity contribution in [3.05, 3.63) is 63.7 Å². The fraction of sp³-hybridized carbons (Fsp3) is 0.158. The zero-order chi connectivity index (χ0) is 18.6. The summed E-state index contributed by atoms with van der Waals surface area (Å²) in [6, 6.07) is 8.08. The van der Waals surface area contributed by atoms with Crippen molar-refractivity contribution in [2.24, 2.45) is 0 Å². The highest BCUT2D eigenvalue weighted by Gasteiger charge is 2.10. The van der Waals surface area contributed by atoms with Crippen molar-refractivity contribution in [2.45, 2.75) is 13.8 Å². The Morgan fingerprint density at radius 2 is 1.80 bits per heavy atom. The third-order valence-corrected chi connectivity index (χ3v) is 4.00. The van der Waals surface area contributed by atoms with Gasteiger partial charge in [0.05, 0.1) is 17.7 Å². The van der Waals surface area contributed by atoms with Gasteiger partial charge < -0.3 is 15.2 Å². The number of carbonyl (C=O) groups excluding carboxylic acids is 1. The molecular formula is C19H18ClNO4. The molecule has 2 aromatic rings. The maximum Gasteiger partial charge on any atom is 0.337 e. The van der Waals surface area contributed by atoms with E-state index >= 15 is 0 Å². The van der Waals surface area contributed by atoms with E-state index in [0.717, 1.165) is 22.4 Å². The summed E-state index contributed by atoms with van der Waals surface area (Å²) in [4.78, 5) is 23.2. The molecule has 0 saturated heterocycles. The predicted octanol–water partition coefficient (Wildman–Crippen LogP) is 4.32. The van der Waals surface area contributed by atoms with Gasteiger partial charge in [-0.25, -0.2) is 4.79 Å². The number of carboxylic acid groups (broad SMARTS) is 1. The van der Waals surface area contributed by atoms with Crippen LogP contribution in [0, 0.1) is 13.8 Å². The number of nitrogens with one attached hydrogen (secondary N) is 1. The number of methoxy groups -OCH3 is 1. The second-order valence-electron chi connectivity index (χ2n) is 5.50. The van der Waals surface area contributed by atoms with E-state index in [1.54, 1.807) is 19.3 Å². The number of anilines is 1. The average molecular weight is 360 g/mol. The van der Waals surface area contributed by atoms with E-state index in [-0.39, 0.29) is 16.5 Å². The number of benzene rings is 2. The van der Waals surface area contributed by atoms with Crippen LogP contribution in [0.3, 0.4) is 0 Å². The zero-order valence-electron chi connectivity index (χ0n) is 14.1. The third-order valence-electron chi connectivity index (χ3n) is 3.67. The van der Waals surface area contributed by atoms with Crippen molar-refractivity contribution in [1.29, 1.82) is 0 Å². The van der Waals surface area contributed by atoms with Crippen LogP contribution < -0.4 is 10.1 Å². The quantitative estimate of drug-likeness (QED) is 0.780. The van der Waals surface area contributed by atoms with Gasteiger partial charge in [0.15, 0.2) is 0 Å². The van der Waals surface area contributed by atoms with E-state index in [1.165, 1.54) is 18.2 Å². The first-order chi connectivity index (χ1) is 11.8. The minimum absolute atomic E-state index is 0.0645. The Balaban J connectivity index is 2.17. The molecule has 6 heteroatoms. The third kappa shape index (κ3) is 4.61. The lowest BCUT2D eigenvalue weighted by molar-refractivity contribution is -0.111. The first-order valence-corrected chi connectivity index (χ1v) is 7.86. The fourth-order valence-corrected chi connectivity index (χ4v) is 2.62. The highest BCUT2D eigenvalue weighted by Crippen LogP contribution is 2.23. The van der Waals surface area contributed by atoms with Gasteiger partial charge in [0.2, 0.25) is 5.91 Å². The van der Waals surface area contributed by atoms with E-state index in [4.69, 9.17) is 21.4 Å². The number of aryl methyl sites for hydroxylation is 2. The molecule has 0 heterocycles. The average Bonchev–Trinajstić information content (AvgIpc) is 2.55. The minimum atomic E-state index is -1.15. The maximum absolute atomic E-state index is 12.1. The van der Waals surface area contributed by atoms with Crippen LogP contribution in [0.25, 0.3) is 6.08 Å². The number of hydrogen-bond acceptors (Lipinski definition) is 3. The highest BCUT2D eigenvalue weighted by molar-refractivity contribution is 6.33. The predicted molar refractivity (Wildman–Crippen MR) is 98.5 cm³/mol. The van der Waals surface area contributed by atoms with E-state index < -0.39 is 5.97 Å². The molecular weight excluding hydrogens is 342 g/mol. The Kier molecular flexibility index (Phi) is 5.83. The Bertz CT molecular complexity index is 835. The molecule has 25 heavy (non-hydrogen) atoms. The van der Waals surface area contributed by atoms with Crippen molar-refractivity contribution >= 4 is 35.2 Å². The van der Waals surface area contributed by atoms with Crippen molar-refractivity contribution in [2.75, 3.05) is 12.4 Å². The van der Waals surface area contributed by atoms with Crippen LogP contribution in [-0.4, -0.2) is 24.1 Å². The molecule has 0 spiro atoms. The standard InChI is InChI=1S/C19H18ClNO4/c1-11-8-14(25-3)9-12(2)15(11)5-7-18(22)21-13-4-6-17(20)16(10-13)19(23)24/h4-10H,1-3H3,(H,21,22)(H,23,24)/b7-5+. The summed E-state index contributed by atoms with van der Waals surface area (Å²) in [5, 5.41) is 11.8. The van der Waals surface area contributed by atoms with Gasteiger partial charge in [0.25, 0.3) is 0 Å². The molecule has 0 unspecified atom stereocenters. The Morgan fingerprint density at radius 3 is 2.36 bits per heavy atom. The largest absolute Gasteiger partial charge is 0.497 e. The summed E-state index contributed by atoms with van der Waals surface area (Å²) in [5.41, 5.74) is 3.20. The van der Waals surface area contributed by atoms with E-state index in [2.05, 4.69) is 5.32 Å². The normalized spacial score (nSPS) is 10.7. The maximum atomic E-state index is 12.1. The monoisotopic (exact) mass is 359 g/mol. The SMILES string of the molecule is COc1cc(C)c(/C=C/C(=O)Nc2ccc(Cl)c(C(=O)O)c2)c(C)c1. The number of rotatable bonds is 5. The summed E-state index contributed by atoms with van der Waals surface area (Å²) in [6.45, 7) is 3.87. The molecule has 2 rings (SSSR count). The summed E-state index contributed by atoms with van der Waals surface area (Å²) >= 11 is 5.81. The lowest BCUT2D eigenvalue weighted by Gasteiger charge is -2.09. The molecule has 130 valence electrons. The first-order valence-electron chi connectivity index (χ1n) is 7.49. The second-order valence-corrected chi connectivity index (χ2v) is 5.90. The summed E-state index contributed by atoms with van der Waals surface area (Å²) < 4.78 is 5.21. The lowest BCUT2D eigenvalue weighted by atomic mass is 10.0. The summed E-state index contributed by atoms with van der Waals surface area (Å²) in [7, 11) is 1.61. The van der Waals surface area contributed by atoms with Crippen molar-refractivity contribution < 1.29 is 19.4 Å². The molecule has 0 aliphatic rings. The van der Waals surface area contributed by atoms with Crippen LogP contribution in [0.2, 0.25) is 5.02 Å². The molecule has 0 fully saturated rings. The van der Waals surface area contributed by atoms with Gasteiger partial charge in [0.1, 0.15) is 5.75 Å². The smallest absolute Gasteiger partial charge is 0.337 e. The molecule has 1 amide bonds. The first kappa shape index (κ1) is 18.5. The van der Waals surface area contributed by atoms with Gasteiger partial charge in [-0.3, -0.25) is 4.79 Å². The van der Waals surface area contributed by atoms with Crippen LogP contribution in [0.1, 0.15) is 27.0 Å². The number of amides is 1. The molecule has 0 bridgehead atoms. The number of ether oxygens (including phenoxy) is 1. The molecule has 0 aliphatic carbocycles. The molecule has 0 aromatic heterocycles. The molecule has 0 atom stereocenters.